The predicted molar refractivity (Wildman–Crippen MR) is 66.7 cm³/mol. The Morgan fingerprint density at radius 1 is 1.23 bits per heavy atom. The van der Waals surface area contributed by atoms with E-state index in [0.29, 0.717) is 5.25 Å². The molecule has 0 spiro atoms. The lowest BCUT2D eigenvalue weighted by atomic mass is 10.5. The molecule has 13 heavy (non-hydrogen) atoms. The summed E-state index contributed by atoms with van der Waals surface area (Å²) in [5.74, 6) is 0. The van der Waals surface area contributed by atoms with Gasteiger partial charge in [-0.15, -0.1) is 0 Å². The van der Waals surface area contributed by atoms with Gasteiger partial charge in [-0.2, -0.15) is 0 Å². The van der Waals surface area contributed by atoms with Gasteiger partial charge in [0.25, 0.3) is 0 Å². The van der Waals surface area contributed by atoms with Gasteiger partial charge in [-0.25, -0.2) is 0 Å². The van der Waals surface area contributed by atoms with Crippen LogP contribution in [0.3, 0.4) is 0 Å². The molecule has 0 bridgehead atoms. The van der Waals surface area contributed by atoms with E-state index in [0.717, 1.165) is 6.42 Å². The monoisotopic (exact) mass is 226 g/mol. The topological polar surface area (TPSA) is 0 Å². The summed E-state index contributed by atoms with van der Waals surface area (Å²) in [7, 11) is 5.62. The van der Waals surface area contributed by atoms with Crippen molar-refractivity contribution in [2.75, 3.05) is 0 Å². The van der Waals surface area contributed by atoms with Crippen LogP contribution in [0.1, 0.15) is 6.42 Å². The van der Waals surface area contributed by atoms with Gasteiger partial charge in [-0.1, -0.05) is 53.3 Å². The molecular weight excluding hydrogens is 216 g/mol. The van der Waals surface area contributed by atoms with Gasteiger partial charge in [0.05, 0.1) is 5.25 Å². The second-order valence-electron chi connectivity index (χ2n) is 2.73. The highest BCUT2D eigenvalue weighted by atomic mass is 33.5. The van der Waals surface area contributed by atoms with E-state index in [1.54, 1.807) is 0 Å². The van der Waals surface area contributed by atoms with E-state index >= 15 is 0 Å². The first kappa shape index (κ1) is 9.56. The normalized spacial score (nSPS) is 20.2. The Bertz CT molecular complexity index is 275. The quantitative estimate of drug-likeness (QED) is 0.654. The minimum Gasteiger partial charge on any atom is -0.0796 e. The molecule has 0 unspecified atom stereocenters. The summed E-state index contributed by atoms with van der Waals surface area (Å²) in [5.41, 5.74) is 0. The highest BCUT2D eigenvalue weighted by Crippen LogP contribution is 2.44. The van der Waals surface area contributed by atoms with Crippen molar-refractivity contribution in [1.82, 2.24) is 0 Å². The molecule has 0 heterocycles. The van der Waals surface area contributed by atoms with Gasteiger partial charge in [0.1, 0.15) is 0 Å². The summed E-state index contributed by atoms with van der Waals surface area (Å²) in [6.07, 6.45) is 16.4. The van der Waals surface area contributed by atoms with Crippen LogP contribution in [0.2, 0.25) is 0 Å². The highest BCUT2D eigenvalue weighted by molar-refractivity contribution is 9.10. The molecule has 3 heteroatoms. The minimum atomic E-state index is 0.573. The van der Waals surface area contributed by atoms with E-state index in [4.69, 9.17) is 0 Å². The largest absolute Gasteiger partial charge is 0.0796 e. The zero-order valence-corrected chi connectivity index (χ0v) is 9.50. The van der Waals surface area contributed by atoms with E-state index in [9.17, 15) is 0 Å². The van der Waals surface area contributed by atoms with Crippen molar-refractivity contribution in [3.8, 4) is 0 Å². The molecule has 0 N–H and O–H groups in total. The van der Waals surface area contributed by atoms with Gasteiger partial charge in [0.15, 0.2) is 0 Å². The van der Waals surface area contributed by atoms with Crippen molar-refractivity contribution < 1.29 is 0 Å². The van der Waals surface area contributed by atoms with E-state index in [2.05, 4.69) is 42.5 Å². The molecule has 0 aromatic heterocycles. The maximum atomic E-state index is 2.26. The van der Waals surface area contributed by atoms with Crippen molar-refractivity contribution in [3.63, 3.8) is 0 Å². The summed E-state index contributed by atoms with van der Waals surface area (Å²) in [5, 5.41) is 0.573. The van der Waals surface area contributed by atoms with Gasteiger partial charge in [-0.05, 0) is 27.0 Å². The molecule has 0 aromatic rings. The van der Waals surface area contributed by atoms with Crippen LogP contribution in [0, 0.1) is 0 Å². The minimum absolute atomic E-state index is 0.573. The summed E-state index contributed by atoms with van der Waals surface area (Å²) in [6, 6.07) is 0. The van der Waals surface area contributed by atoms with Gasteiger partial charge in [0, 0.05) is 4.91 Å². The van der Waals surface area contributed by atoms with Crippen molar-refractivity contribution in [3.05, 3.63) is 47.4 Å². The van der Waals surface area contributed by atoms with Crippen LogP contribution < -0.4 is 0 Å². The van der Waals surface area contributed by atoms with Crippen LogP contribution in [0.15, 0.2) is 47.4 Å². The SMILES string of the molecule is C1=CC(SSSC2=CCC=C2)C=C1. The summed E-state index contributed by atoms with van der Waals surface area (Å²) in [6.45, 7) is 0. The summed E-state index contributed by atoms with van der Waals surface area (Å²) in [4.78, 5) is 1.39. The molecule has 0 fully saturated rings. The first-order chi connectivity index (χ1) is 6.45. The Hall–Kier alpha value is 0.01000. The molecule has 0 aromatic carbocycles. The standard InChI is InChI=1S/C10H10S3/c1-2-6-9(5-1)11-13-12-10-7-3-4-8-10/h1-3,5-9H,4H2. The van der Waals surface area contributed by atoms with Gasteiger partial charge in [-0.3, -0.25) is 0 Å². The molecule has 2 rings (SSSR count). The number of hydrogen-bond donors (Lipinski definition) is 0. The lowest BCUT2D eigenvalue weighted by Gasteiger charge is -2.02. The van der Waals surface area contributed by atoms with E-state index < -0.39 is 0 Å². The fraction of sp³-hybridized carbons (Fsp3) is 0.200. The van der Waals surface area contributed by atoms with Gasteiger partial charge in [0.2, 0.25) is 0 Å². The molecule has 0 nitrogen and oxygen atoms in total. The Morgan fingerprint density at radius 2 is 2.08 bits per heavy atom. The van der Waals surface area contributed by atoms with Crippen molar-refractivity contribution in [1.29, 1.82) is 0 Å². The average Bonchev–Trinajstić information content (AvgIpc) is 2.75. The van der Waals surface area contributed by atoms with Crippen molar-refractivity contribution in [2.45, 2.75) is 11.7 Å². The lowest BCUT2D eigenvalue weighted by Crippen LogP contribution is -1.82. The third-order valence-electron chi connectivity index (χ3n) is 1.73. The molecule has 0 saturated carbocycles. The average molecular weight is 226 g/mol. The molecular formula is C10H10S3. The number of hydrogen-bond acceptors (Lipinski definition) is 3. The van der Waals surface area contributed by atoms with Crippen LogP contribution in [-0.4, -0.2) is 5.25 Å². The van der Waals surface area contributed by atoms with Gasteiger partial charge < -0.3 is 0 Å². The second kappa shape index (κ2) is 5.03. The maximum Gasteiger partial charge on any atom is 0.0526 e. The smallest absolute Gasteiger partial charge is 0.0526 e. The Morgan fingerprint density at radius 3 is 2.77 bits per heavy atom. The van der Waals surface area contributed by atoms with Crippen LogP contribution in [0.25, 0.3) is 0 Å². The first-order valence-corrected chi connectivity index (χ1v) is 7.71. The van der Waals surface area contributed by atoms with Crippen LogP contribution in [-0.2, 0) is 0 Å². The molecule has 0 radical (unpaired) electrons. The zero-order valence-electron chi connectivity index (χ0n) is 7.05. The predicted octanol–water partition coefficient (Wildman–Crippen LogP) is 4.35. The summed E-state index contributed by atoms with van der Waals surface area (Å²) >= 11 is 0. The fourth-order valence-electron chi connectivity index (χ4n) is 1.08. The molecule has 0 atom stereocenters. The van der Waals surface area contributed by atoms with Crippen molar-refractivity contribution in [2.24, 2.45) is 0 Å². The Balaban J connectivity index is 1.66. The van der Waals surface area contributed by atoms with E-state index in [-0.39, 0.29) is 0 Å². The van der Waals surface area contributed by atoms with Crippen molar-refractivity contribution >= 4 is 31.4 Å². The third kappa shape index (κ3) is 3.01. The molecule has 68 valence electrons. The first-order valence-electron chi connectivity index (χ1n) is 4.17. The molecule has 2 aliphatic rings. The van der Waals surface area contributed by atoms with Crippen LogP contribution in [0.4, 0.5) is 0 Å². The zero-order chi connectivity index (χ0) is 8.93. The molecule has 0 aliphatic heterocycles. The lowest BCUT2D eigenvalue weighted by molar-refractivity contribution is 1.45. The maximum absolute atomic E-state index is 2.26. The van der Waals surface area contributed by atoms with E-state index in [1.165, 1.54) is 4.91 Å². The van der Waals surface area contributed by atoms with Crippen LogP contribution in [0.5, 0.6) is 0 Å². The highest BCUT2D eigenvalue weighted by Gasteiger charge is 2.06. The van der Waals surface area contributed by atoms with Gasteiger partial charge >= 0.3 is 0 Å². The third-order valence-corrected chi connectivity index (χ3v) is 5.91. The van der Waals surface area contributed by atoms with Crippen LogP contribution >= 0.6 is 31.4 Å². The molecule has 0 saturated heterocycles. The molecule has 0 amide bonds. The second-order valence-corrected chi connectivity index (χ2v) is 6.95. The Kier molecular flexibility index (Phi) is 3.70. The van der Waals surface area contributed by atoms with E-state index in [1.807, 2.05) is 31.4 Å². The summed E-state index contributed by atoms with van der Waals surface area (Å²) < 4.78 is 0. The fourth-order valence-corrected chi connectivity index (χ4v) is 5.17. The Labute approximate surface area is 90.4 Å². The molecule has 2 aliphatic carbocycles. The number of allylic oxidation sites excluding steroid dienone is 5. The number of rotatable bonds is 4.